The molecule has 2 fully saturated rings. The predicted octanol–water partition coefficient (Wildman–Crippen LogP) is 1.64. The van der Waals surface area contributed by atoms with Crippen molar-refractivity contribution in [2.45, 2.75) is 44.6 Å². The van der Waals surface area contributed by atoms with E-state index in [-0.39, 0.29) is 11.9 Å². The van der Waals surface area contributed by atoms with E-state index in [4.69, 9.17) is 18.0 Å². The Morgan fingerprint density at radius 1 is 1.24 bits per heavy atom. The van der Waals surface area contributed by atoms with Crippen molar-refractivity contribution in [2.24, 2.45) is 11.7 Å². The summed E-state index contributed by atoms with van der Waals surface area (Å²) in [7, 11) is 0. The maximum absolute atomic E-state index is 12.1. The molecule has 4 nitrogen and oxygen atoms in total. The average Bonchev–Trinajstić information content (AvgIpc) is 2.82. The number of amides is 2. The smallest absolute Gasteiger partial charge is 0.317 e. The first-order valence-electron chi connectivity index (χ1n) is 6.51. The number of thiocarbonyl (C=S) groups is 1. The van der Waals surface area contributed by atoms with Crippen molar-refractivity contribution >= 4 is 23.2 Å². The fourth-order valence-corrected chi connectivity index (χ4v) is 2.92. The van der Waals surface area contributed by atoms with Gasteiger partial charge in [-0.15, -0.1) is 0 Å². The fraction of sp³-hybridized carbons (Fsp3) is 0.833. The highest BCUT2D eigenvalue weighted by atomic mass is 32.1. The van der Waals surface area contributed by atoms with Crippen LogP contribution in [0.1, 0.15) is 38.5 Å². The van der Waals surface area contributed by atoms with E-state index in [9.17, 15) is 4.79 Å². The standard InChI is InChI=1S/C12H21N3OS/c13-11(17)9-4-3-7-15(8-9)12(16)14-10-5-1-2-6-10/h9-10H,1-8H2,(H2,13,17)(H,14,16). The lowest BCUT2D eigenvalue weighted by Crippen LogP contribution is -2.49. The molecule has 0 aromatic rings. The van der Waals surface area contributed by atoms with Gasteiger partial charge in [-0.3, -0.25) is 0 Å². The fourth-order valence-electron chi connectivity index (χ4n) is 2.73. The molecule has 2 rings (SSSR count). The van der Waals surface area contributed by atoms with Gasteiger partial charge in [0.15, 0.2) is 0 Å². The van der Waals surface area contributed by atoms with E-state index in [1.54, 1.807) is 0 Å². The summed E-state index contributed by atoms with van der Waals surface area (Å²) < 4.78 is 0. The van der Waals surface area contributed by atoms with Gasteiger partial charge in [-0.25, -0.2) is 4.79 Å². The third kappa shape index (κ3) is 3.31. The first-order chi connectivity index (χ1) is 8.16. The highest BCUT2D eigenvalue weighted by molar-refractivity contribution is 7.80. The minimum Gasteiger partial charge on any atom is -0.393 e. The Labute approximate surface area is 108 Å². The van der Waals surface area contributed by atoms with Crippen LogP contribution in [0.2, 0.25) is 0 Å². The SMILES string of the molecule is NC(=S)C1CCCN(C(=O)NC2CCCC2)C1. The second kappa shape index (κ2) is 5.67. The number of hydrogen-bond acceptors (Lipinski definition) is 2. The molecule has 1 heterocycles. The van der Waals surface area contributed by atoms with Gasteiger partial charge in [0.25, 0.3) is 0 Å². The lowest BCUT2D eigenvalue weighted by Gasteiger charge is -2.33. The van der Waals surface area contributed by atoms with Crippen molar-refractivity contribution in [1.82, 2.24) is 10.2 Å². The van der Waals surface area contributed by atoms with Crippen LogP contribution in [0.4, 0.5) is 4.79 Å². The molecule has 0 spiro atoms. The summed E-state index contributed by atoms with van der Waals surface area (Å²) in [4.78, 5) is 14.5. The molecule has 96 valence electrons. The van der Waals surface area contributed by atoms with Crippen LogP contribution in [0.15, 0.2) is 0 Å². The second-order valence-corrected chi connectivity index (χ2v) is 5.59. The number of rotatable bonds is 2. The van der Waals surface area contributed by atoms with Crippen LogP contribution in [0.3, 0.4) is 0 Å². The number of urea groups is 1. The van der Waals surface area contributed by atoms with E-state index < -0.39 is 0 Å². The van der Waals surface area contributed by atoms with Crippen LogP contribution in [0, 0.1) is 5.92 Å². The Kier molecular flexibility index (Phi) is 4.20. The summed E-state index contributed by atoms with van der Waals surface area (Å²) >= 11 is 5.02. The molecule has 0 radical (unpaired) electrons. The summed E-state index contributed by atoms with van der Waals surface area (Å²) in [5.74, 6) is 0.202. The number of hydrogen-bond donors (Lipinski definition) is 2. The van der Waals surface area contributed by atoms with Gasteiger partial charge in [0.05, 0.1) is 4.99 Å². The molecule has 3 N–H and O–H groups in total. The molecule has 1 saturated carbocycles. The van der Waals surface area contributed by atoms with Crippen LogP contribution < -0.4 is 11.1 Å². The van der Waals surface area contributed by atoms with Gasteiger partial charge in [-0.1, -0.05) is 25.1 Å². The minimum absolute atomic E-state index is 0.0675. The molecule has 2 amide bonds. The van der Waals surface area contributed by atoms with Gasteiger partial charge in [-0.2, -0.15) is 0 Å². The number of likely N-dealkylation sites (tertiary alicyclic amines) is 1. The zero-order chi connectivity index (χ0) is 12.3. The molecule has 0 bridgehead atoms. The Hall–Kier alpha value is -0.840. The van der Waals surface area contributed by atoms with Crippen LogP contribution in [-0.2, 0) is 0 Å². The van der Waals surface area contributed by atoms with Gasteiger partial charge in [0.1, 0.15) is 0 Å². The molecule has 1 atom stereocenters. The first-order valence-corrected chi connectivity index (χ1v) is 6.92. The molecule has 2 aliphatic rings. The maximum atomic E-state index is 12.1. The van der Waals surface area contributed by atoms with E-state index >= 15 is 0 Å². The van der Waals surface area contributed by atoms with Crippen molar-refractivity contribution in [3.05, 3.63) is 0 Å². The third-order valence-electron chi connectivity index (χ3n) is 3.79. The average molecular weight is 255 g/mol. The molecule has 1 aliphatic carbocycles. The molecule has 17 heavy (non-hydrogen) atoms. The van der Waals surface area contributed by atoms with Crippen molar-refractivity contribution < 1.29 is 4.79 Å². The van der Waals surface area contributed by atoms with Gasteiger partial charge < -0.3 is 16.0 Å². The monoisotopic (exact) mass is 255 g/mol. The zero-order valence-electron chi connectivity index (χ0n) is 10.2. The van der Waals surface area contributed by atoms with E-state index in [1.807, 2.05) is 4.90 Å². The van der Waals surface area contributed by atoms with Crippen LogP contribution in [0.25, 0.3) is 0 Å². The van der Waals surface area contributed by atoms with Gasteiger partial charge in [0, 0.05) is 25.0 Å². The van der Waals surface area contributed by atoms with E-state index in [0.717, 1.165) is 32.2 Å². The summed E-state index contributed by atoms with van der Waals surface area (Å²) in [6, 6.07) is 0.450. The second-order valence-electron chi connectivity index (χ2n) is 5.12. The highest BCUT2D eigenvalue weighted by Crippen LogP contribution is 2.20. The normalized spacial score (nSPS) is 25.9. The summed E-state index contributed by atoms with van der Waals surface area (Å²) in [6.45, 7) is 1.52. The molecular weight excluding hydrogens is 234 g/mol. The molecule has 0 aromatic carbocycles. The number of nitrogens with one attached hydrogen (secondary N) is 1. The van der Waals surface area contributed by atoms with Crippen molar-refractivity contribution in [1.29, 1.82) is 0 Å². The molecule has 1 saturated heterocycles. The topological polar surface area (TPSA) is 58.4 Å². The van der Waals surface area contributed by atoms with Crippen molar-refractivity contribution in [3.8, 4) is 0 Å². The number of carbonyl (C=O) groups is 1. The predicted molar refractivity (Wildman–Crippen MR) is 71.9 cm³/mol. The summed E-state index contributed by atoms with van der Waals surface area (Å²) in [5, 5.41) is 3.11. The Balaban J connectivity index is 1.83. The van der Waals surface area contributed by atoms with E-state index in [2.05, 4.69) is 5.32 Å². The number of nitrogens with two attached hydrogens (primary N) is 1. The molecule has 0 aromatic heterocycles. The number of nitrogens with zero attached hydrogens (tertiary/aromatic N) is 1. The lowest BCUT2D eigenvalue weighted by atomic mass is 9.98. The maximum Gasteiger partial charge on any atom is 0.317 e. The zero-order valence-corrected chi connectivity index (χ0v) is 11.0. The van der Waals surface area contributed by atoms with Gasteiger partial charge >= 0.3 is 6.03 Å². The van der Waals surface area contributed by atoms with Gasteiger partial charge in [-0.05, 0) is 25.7 Å². The number of piperidine rings is 1. The minimum atomic E-state index is 0.0675. The van der Waals surface area contributed by atoms with Crippen molar-refractivity contribution in [3.63, 3.8) is 0 Å². The molecule has 1 unspecified atom stereocenters. The summed E-state index contributed by atoms with van der Waals surface area (Å²) in [5.41, 5.74) is 5.67. The third-order valence-corrected chi connectivity index (χ3v) is 4.13. The molecular formula is C12H21N3OS. The Morgan fingerprint density at radius 3 is 2.59 bits per heavy atom. The van der Waals surface area contributed by atoms with Crippen LogP contribution >= 0.6 is 12.2 Å². The Morgan fingerprint density at radius 2 is 1.94 bits per heavy atom. The summed E-state index contributed by atoms with van der Waals surface area (Å²) in [6.07, 6.45) is 6.74. The van der Waals surface area contributed by atoms with E-state index in [1.165, 1.54) is 12.8 Å². The molecule has 1 aliphatic heterocycles. The van der Waals surface area contributed by atoms with Gasteiger partial charge in [0.2, 0.25) is 0 Å². The number of carbonyl (C=O) groups excluding carboxylic acids is 1. The largest absolute Gasteiger partial charge is 0.393 e. The highest BCUT2D eigenvalue weighted by Gasteiger charge is 2.27. The first kappa shape index (κ1) is 12.6. The quantitative estimate of drug-likeness (QED) is 0.737. The molecule has 5 heteroatoms. The van der Waals surface area contributed by atoms with E-state index in [0.29, 0.717) is 17.6 Å². The lowest BCUT2D eigenvalue weighted by molar-refractivity contribution is 0.175. The Bertz CT molecular complexity index is 302. The van der Waals surface area contributed by atoms with Crippen molar-refractivity contribution in [2.75, 3.05) is 13.1 Å². The van der Waals surface area contributed by atoms with Crippen LogP contribution in [0.5, 0.6) is 0 Å². The van der Waals surface area contributed by atoms with Crippen LogP contribution in [-0.4, -0.2) is 35.1 Å².